The van der Waals surface area contributed by atoms with Gasteiger partial charge in [-0.3, -0.25) is 4.98 Å². The number of nitrogens with zero attached hydrogens (tertiary/aromatic N) is 2. The van der Waals surface area contributed by atoms with Crippen molar-refractivity contribution in [3.05, 3.63) is 45.9 Å². The van der Waals surface area contributed by atoms with Crippen LogP contribution in [0.3, 0.4) is 0 Å². The van der Waals surface area contributed by atoms with E-state index < -0.39 is 0 Å². The average Bonchev–Trinajstić information content (AvgIpc) is 2.30. The van der Waals surface area contributed by atoms with E-state index in [1.807, 2.05) is 24.3 Å². The van der Waals surface area contributed by atoms with E-state index in [2.05, 4.69) is 32.6 Å². The molecule has 2 aromatic rings. The zero-order chi connectivity index (χ0) is 11.4. The molecular weight excluding hydrogens is 338 g/mol. The second kappa shape index (κ2) is 5.45. The van der Waals surface area contributed by atoms with Gasteiger partial charge in [-0.15, -0.1) is 11.6 Å². The van der Waals surface area contributed by atoms with E-state index in [-0.39, 0.29) is 0 Å². The first-order chi connectivity index (χ1) is 7.78. The summed E-state index contributed by atoms with van der Waals surface area (Å²) >= 11 is 7.84. The van der Waals surface area contributed by atoms with Gasteiger partial charge >= 0.3 is 0 Å². The molecule has 1 aromatic heterocycles. The number of rotatable bonds is 3. The highest BCUT2D eigenvalue weighted by Crippen LogP contribution is 2.20. The molecule has 0 N–H and O–H groups in total. The molecule has 0 saturated carbocycles. The number of hydrogen-bond acceptors (Lipinski definition) is 3. The molecule has 0 radical (unpaired) electrons. The average molecular weight is 347 g/mol. The standard InChI is InChI=1S/C11H8ClIN2O/c12-5-9-6-15-11(7-14-9)16-10-3-1-2-8(13)4-10/h1-4,6-7H,5H2. The summed E-state index contributed by atoms with van der Waals surface area (Å²) in [6.45, 7) is 0. The number of alkyl halides is 1. The van der Waals surface area contributed by atoms with Crippen molar-refractivity contribution < 1.29 is 4.74 Å². The molecule has 0 saturated heterocycles. The minimum Gasteiger partial charge on any atom is -0.437 e. The Morgan fingerprint density at radius 2 is 2.12 bits per heavy atom. The third-order valence-corrected chi connectivity index (χ3v) is 2.78. The minimum absolute atomic E-state index is 0.358. The van der Waals surface area contributed by atoms with Gasteiger partial charge in [0.15, 0.2) is 0 Å². The number of ether oxygens (including phenoxy) is 1. The Morgan fingerprint density at radius 3 is 2.75 bits per heavy atom. The van der Waals surface area contributed by atoms with Crippen LogP contribution in [-0.2, 0) is 5.88 Å². The van der Waals surface area contributed by atoms with Crippen molar-refractivity contribution in [3.63, 3.8) is 0 Å². The fourth-order valence-electron chi connectivity index (χ4n) is 1.12. The fraction of sp³-hybridized carbons (Fsp3) is 0.0909. The normalized spacial score (nSPS) is 10.1. The quantitative estimate of drug-likeness (QED) is 0.629. The van der Waals surface area contributed by atoms with Crippen molar-refractivity contribution in [1.82, 2.24) is 9.97 Å². The van der Waals surface area contributed by atoms with E-state index in [0.29, 0.717) is 11.8 Å². The van der Waals surface area contributed by atoms with Gasteiger partial charge in [-0.25, -0.2) is 4.98 Å². The van der Waals surface area contributed by atoms with Crippen LogP contribution in [0.15, 0.2) is 36.7 Å². The second-order valence-electron chi connectivity index (χ2n) is 3.04. The molecule has 0 spiro atoms. The molecule has 3 nitrogen and oxygen atoms in total. The third-order valence-electron chi connectivity index (χ3n) is 1.84. The van der Waals surface area contributed by atoms with Crippen LogP contribution in [-0.4, -0.2) is 9.97 Å². The molecule has 1 aromatic carbocycles. The van der Waals surface area contributed by atoms with Crippen LogP contribution in [0.25, 0.3) is 0 Å². The van der Waals surface area contributed by atoms with Gasteiger partial charge in [0.1, 0.15) is 5.75 Å². The Kier molecular flexibility index (Phi) is 3.95. The highest BCUT2D eigenvalue weighted by atomic mass is 127. The van der Waals surface area contributed by atoms with Crippen molar-refractivity contribution in [2.45, 2.75) is 5.88 Å². The zero-order valence-corrected chi connectivity index (χ0v) is 11.1. The molecule has 0 amide bonds. The van der Waals surface area contributed by atoms with Gasteiger partial charge in [-0.1, -0.05) is 6.07 Å². The lowest BCUT2D eigenvalue weighted by Gasteiger charge is -2.04. The summed E-state index contributed by atoms with van der Waals surface area (Å²) in [5, 5.41) is 0. The minimum atomic E-state index is 0.358. The van der Waals surface area contributed by atoms with Gasteiger partial charge in [-0.2, -0.15) is 0 Å². The maximum Gasteiger partial charge on any atom is 0.237 e. The highest BCUT2D eigenvalue weighted by molar-refractivity contribution is 14.1. The van der Waals surface area contributed by atoms with Crippen LogP contribution < -0.4 is 4.74 Å². The van der Waals surface area contributed by atoms with Gasteiger partial charge in [0.25, 0.3) is 0 Å². The summed E-state index contributed by atoms with van der Waals surface area (Å²) in [4.78, 5) is 8.20. The Hall–Kier alpha value is -0.880. The molecule has 0 bridgehead atoms. The van der Waals surface area contributed by atoms with E-state index in [9.17, 15) is 0 Å². The number of benzene rings is 1. The number of hydrogen-bond donors (Lipinski definition) is 0. The lowest BCUT2D eigenvalue weighted by Crippen LogP contribution is -1.92. The van der Waals surface area contributed by atoms with Crippen molar-refractivity contribution >= 4 is 34.2 Å². The van der Waals surface area contributed by atoms with Crippen molar-refractivity contribution in [3.8, 4) is 11.6 Å². The molecule has 2 rings (SSSR count). The molecule has 0 fully saturated rings. The van der Waals surface area contributed by atoms with E-state index in [4.69, 9.17) is 16.3 Å². The zero-order valence-electron chi connectivity index (χ0n) is 8.23. The van der Waals surface area contributed by atoms with Crippen molar-refractivity contribution in [2.24, 2.45) is 0 Å². The first-order valence-electron chi connectivity index (χ1n) is 4.58. The maximum atomic E-state index is 5.62. The molecular formula is C11H8ClIN2O. The molecule has 0 aliphatic heterocycles. The largest absolute Gasteiger partial charge is 0.437 e. The maximum absolute atomic E-state index is 5.62. The SMILES string of the molecule is ClCc1cnc(Oc2cccc(I)c2)cn1. The van der Waals surface area contributed by atoms with E-state index >= 15 is 0 Å². The molecule has 0 aliphatic rings. The molecule has 0 atom stereocenters. The summed E-state index contributed by atoms with van der Waals surface area (Å²) in [6, 6.07) is 7.73. The first kappa shape index (κ1) is 11.6. The Bertz CT molecular complexity index is 476. The van der Waals surface area contributed by atoms with Crippen LogP contribution in [0.1, 0.15) is 5.69 Å². The van der Waals surface area contributed by atoms with Gasteiger partial charge in [0.2, 0.25) is 5.88 Å². The van der Waals surface area contributed by atoms with Crippen LogP contribution in [0.2, 0.25) is 0 Å². The molecule has 0 aliphatic carbocycles. The molecule has 5 heteroatoms. The van der Waals surface area contributed by atoms with Gasteiger partial charge in [0.05, 0.1) is 24.0 Å². The summed E-state index contributed by atoms with van der Waals surface area (Å²) in [7, 11) is 0. The third kappa shape index (κ3) is 3.05. The lowest BCUT2D eigenvalue weighted by atomic mass is 10.3. The molecule has 82 valence electrons. The van der Waals surface area contributed by atoms with Crippen LogP contribution >= 0.6 is 34.2 Å². The van der Waals surface area contributed by atoms with E-state index in [0.717, 1.165) is 15.0 Å². The smallest absolute Gasteiger partial charge is 0.237 e. The Balaban J connectivity index is 2.14. The summed E-state index contributed by atoms with van der Waals surface area (Å²) in [6.07, 6.45) is 3.17. The van der Waals surface area contributed by atoms with Gasteiger partial charge in [0, 0.05) is 3.57 Å². The van der Waals surface area contributed by atoms with Crippen molar-refractivity contribution in [2.75, 3.05) is 0 Å². The van der Waals surface area contributed by atoms with Crippen molar-refractivity contribution in [1.29, 1.82) is 0 Å². The number of halogens is 2. The predicted molar refractivity (Wildman–Crippen MR) is 70.8 cm³/mol. The van der Waals surface area contributed by atoms with Gasteiger partial charge in [-0.05, 0) is 40.8 Å². The predicted octanol–water partition coefficient (Wildman–Crippen LogP) is 3.61. The second-order valence-corrected chi connectivity index (χ2v) is 4.55. The van der Waals surface area contributed by atoms with E-state index in [1.165, 1.54) is 0 Å². The summed E-state index contributed by atoms with van der Waals surface area (Å²) in [5.74, 6) is 1.58. The number of aromatic nitrogens is 2. The highest BCUT2D eigenvalue weighted by Gasteiger charge is 2.00. The van der Waals surface area contributed by atoms with Gasteiger partial charge < -0.3 is 4.74 Å². The topological polar surface area (TPSA) is 35.0 Å². The Morgan fingerprint density at radius 1 is 1.25 bits per heavy atom. The Labute approximate surface area is 112 Å². The lowest BCUT2D eigenvalue weighted by molar-refractivity contribution is 0.459. The van der Waals surface area contributed by atoms with Crippen LogP contribution in [0.4, 0.5) is 0 Å². The van der Waals surface area contributed by atoms with Crippen LogP contribution in [0.5, 0.6) is 11.6 Å². The van der Waals surface area contributed by atoms with E-state index in [1.54, 1.807) is 12.4 Å². The fourth-order valence-corrected chi connectivity index (χ4v) is 1.77. The molecule has 1 heterocycles. The molecule has 16 heavy (non-hydrogen) atoms. The molecule has 0 unspecified atom stereocenters. The van der Waals surface area contributed by atoms with Crippen LogP contribution in [0, 0.1) is 3.57 Å². The first-order valence-corrected chi connectivity index (χ1v) is 6.19. The summed E-state index contributed by atoms with van der Waals surface area (Å²) in [5.41, 5.74) is 0.733. The summed E-state index contributed by atoms with van der Waals surface area (Å²) < 4.78 is 6.65. The monoisotopic (exact) mass is 346 g/mol.